The molecule has 0 saturated heterocycles. The van der Waals surface area contributed by atoms with Crippen LogP contribution < -0.4 is 10.1 Å². The van der Waals surface area contributed by atoms with Crippen molar-refractivity contribution in [3.05, 3.63) is 63.1 Å². The molecule has 1 atom stereocenters. The van der Waals surface area contributed by atoms with Crippen LogP contribution in [-0.4, -0.2) is 36.4 Å². The number of ether oxygens (including phenoxy) is 1. The summed E-state index contributed by atoms with van der Waals surface area (Å²) < 4.78 is 5.73. The summed E-state index contributed by atoms with van der Waals surface area (Å²) in [4.78, 5) is 26.5. The number of halogens is 2. The van der Waals surface area contributed by atoms with Gasteiger partial charge in [0.1, 0.15) is 11.8 Å². The van der Waals surface area contributed by atoms with Crippen LogP contribution in [0.1, 0.15) is 23.6 Å². The minimum absolute atomic E-state index is 0.174. The number of hydrogen-bond donors (Lipinski definition) is 1. The van der Waals surface area contributed by atoms with E-state index in [0.717, 1.165) is 16.7 Å². The Labute approximate surface area is 175 Å². The summed E-state index contributed by atoms with van der Waals surface area (Å²) >= 11 is 12.0. The molecule has 0 radical (unpaired) electrons. The van der Waals surface area contributed by atoms with E-state index in [2.05, 4.69) is 5.32 Å². The summed E-state index contributed by atoms with van der Waals surface area (Å²) in [5.74, 6) is 0.0821. The second kappa shape index (κ2) is 9.80. The summed E-state index contributed by atoms with van der Waals surface area (Å²) in [6.45, 7) is 5.58. The van der Waals surface area contributed by atoms with Crippen LogP contribution in [0, 0.1) is 13.8 Å². The average molecular weight is 423 g/mol. The van der Waals surface area contributed by atoms with Crippen molar-refractivity contribution >= 4 is 35.0 Å². The van der Waals surface area contributed by atoms with Crippen LogP contribution in [0.4, 0.5) is 0 Å². The highest BCUT2D eigenvalue weighted by molar-refractivity contribution is 6.42. The summed E-state index contributed by atoms with van der Waals surface area (Å²) in [5, 5.41) is 3.40. The van der Waals surface area contributed by atoms with Gasteiger partial charge >= 0.3 is 0 Å². The Bertz CT molecular complexity index is 871. The van der Waals surface area contributed by atoms with Crippen molar-refractivity contribution in [1.29, 1.82) is 0 Å². The molecule has 5 nitrogen and oxygen atoms in total. The smallest absolute Gasteiger partial charge is 0.261 e. The maximum atomic E-state index is 12.9. The van der Waals surface area contributed by atoms with Crippen LogP contribution in [0.25, 0.3) is 0 Å². The lowest BCUT2D eigenvalue weighted by molar-refractivity contribution is -0.142. The van der Waals surface area contributed by atoms with Crippen molar-refractivity contribution in [2.75, 3.05) is 13.7 Å². The van der Waals surface area contributed by atoms with Crippen molar-refractivity contribution in [3.8, 4) is 5.75 Å². The zero-order valence-electron chi connectivity index (χ0n) is 16.4. The van der Waals surface area contributed by atoms with Gasteiger partial charge in [0.15, 0.2) is 6.61 Å². The van der Waals surface area contributed by atoms with Crippen LogP contribution in [0.5, 0.6) is 5.75 Å². The van der Waals surface area contributed by atoms with E-state index in [-0.39, 0.29) is 25.0 Å². The van der Waals surface area contributed by atoms with Gasteiger partial charge < -0.3 is 15.0 Å². The van der Waals surface area contributed by atoms with E-state index in [1.807, 2.05) is 32.0 Å². The Morgan fingerprint density at radius 3 is 2.46 bits per heavy atom. The number of benzene rings is 2. The molecule has 2 aromatic carbocycles. The first-order valence-electron chi connectivity index (χ1n) is 8.88. The highest BCUT2D eigenvalue weighted by atomic mass is 35.5. The third-order valence-corrected chi connectivity index (χ3v) is 5.18. The lowest BCUT2D eigenvalue weighted by atomic mass is 10.1. The third-order valence-electron chi connectivity index (χ3n) is 4.45. The molecule has 0 aliphatic carbocycles. The van der Waals surface area contributed by atoms with E-state index in [9.17, 15) is 9.59 Å². The topological polar surface area (TPSA) is 58.6 Å². The molecule has 0 aliphatic heterocycles. The van der Waals surface area contributed by atoms with E-state index >= 15 is 0 Å². The van der Waals surface area contributed by atoms with Gasteiger partial charge in [-0.05, 0) is 55.7 Å². The van der Waals surface area contributed by atoms with Crippen molar-refractivity contribution in [2.24, 2.45) is 0 Å². The highest BCUT2D eigenvalue weighted by Crippen LogP contribution is 2.24. The van der Waals surface area contributed by atoms with Gasteiger partial charge in [-0.15, -0.1) is 0 Å². The Morgan fingerprint density at radius 1 is 1.11 bits per heavy atom. The molecule has 2 amide bonds. The predicted molar refractivity (Wildman–Crippen MR) is 112 cm³/mol. The van der Waals surface area contributed by atoms with Crippen LogP contribution in [0.2, 0.25) is 10.0 Å². The SMILES string of the molecule is CNC(=O)[C@@H](C)N(Cc1ccc(Cl)c(Cl)c1)C(=O)COc1cc(C)ccc1C. The first-order chi connectivity index (χ1) is 13.2. The molecule has 2 rings (SSSR count). The van der Waals surface area contributed by atoms with Gasteiger partial charge in [0.05, 0.1) is 10.0 Å². The number of nitrogens with one attached hydrogen (secondary N) is 1. The Hall–Kier alpha value is -2.24. The third kappa shape index (κ3) is 5.63. The number of likely N-dealkylation sites (N-methyl/N-ethyl adjacent to an activating group) is 1. The van der Waals surface area contributed by atoms with Gasteiger partial charge in [0.2, 0.25) is 5.91 Å². The summed E-state index contributed by atoms with van der Waals surface area (Å²) in [6.07, 6.45) is 0. The Kier molecular flexibility index (Phi) is 7.72. The predicted octanol–water partition coefficient (Wildman–Crippen LogP) is 4.15. The quantitative estimate of drug-likeness (QED) is 0.728. The van der Waals surface area contributed by atoms with Gasteiger partial charge in [-0.2, -0.15) is 0 Å². The normalized spacial score (nSPS) is 11.6. The fourth-order valence-corrected chi connectivity index (χ4v) is 3.03. The molecule has 150 valence electrons. The van der Waals surface area contributed by atoms with Gasteiger partial charge in [-0.1, -0.05) is 41.4 Å². The van der Waals surface area contributed by atoms with E-state index in [1.165, 1.54) is 11.9 Å². The Balaban J connectivity index is 2.19. The minimum Gasteiger partial charge on any atom is -0.483 e. The monoisotopic (exact) mass is 422 g/mol. The number of carbonyl (C=O) groups excluding carboxylic acids is 2. The number of nitrogens with zero attached hydrogens (tertiary/aromatic N) is 1. The molecule has 0 aromatic heterocycles. The molecule has 0 heterocycles. The number of aryl methyl sites for hydroxylation is 2. The minimum atomic E-state index is -0.672. The van der Waals surface area contributed by atoms with Crippen molar-refractivity contribution in [1.82, 2.24) is 10.2 Å². The van der Waals surface area contributed by atoms with Crippen LogP contribution in [0.3, 0.4) is 0 Å². The molecule has 0 fully saturated rings. The molecule has 0 spiro atoms. The first-order valence-corrected chi connectivity index (χ1v) is 9.63. The lowest BCUT2D eigenvalue weighted by Crippen LogP contribution is -2.48. The lowest BCUT2D eigenvalue weighted by Gasteiger charge is -2.28. The molecule has 0 unspecified atom stereocenters. The molecule has 0 bridgehead atoms. The molecule has 28 heavy (non-hydrogen) atoms. The van der Waals surface area contributed by atoms with Crippen LogP contribution >= 0.6 is 23.2 Å². The van der Waals surface area contributed by atoms with Gasteiger partial charge in [-0.25, -0.2) is 0 Å². The number of amides is 2. The standard InChI is InChI=1S/C21H24Cl2N2O3/c1-13-5-6-14(2)19(9-13)28-12-20(26)25(15(3)21(27)24-4)11-16-7-8-17(22)18(23)10-16/h5-10,15H,11-12H2,1-4H3,(H,24,27)/t15-/m1/s1. The van der Waals surface area contributed by atoms with Gasteiger partial charge in [0.25, 0.3) is 5.91 Å². The molecule has 2 aromatic rings. The molecular weight excluding hydrogens is 399 g/mol. The maximum absolute atomic E-state index is 12.9. The highest BCUT2D eigenvalue weighted by Gasteiger charge is 2.26. The van der Waals surface area contributed by atoms with Gasteiger partial charge in [0, 0.05) is 13.6 Å². The van der Waals surface area contributed by atoms with Crippen molar-refractivity contribution < 1.29 is 14.3 Å². The van der Waals surface area contributed by atoms with Crippen molar-refractivity contribution in [2.45, 2.75) is 33.4 Å². The molecule has 1 N–H and O–H groups in total. The van der Waals surface area contributed by atoms with Crippen LogP contribution in [0.15, 0.2) is 36.4 Å². The molecular formula is C21H24Cl2N2O3. The number of rotatable bonds is 7. The first kappa shape index (κ1) is 22.1. The second-order valence-corrected chi connectivity index (χ2v) is 7.43. The molecule has 0 saturated carbocycles. The summed E-state index contributed by atoms with van der Waals surface area (Å²) in [7, 11) is 1.53. The zero-order chi connectivity index (χ0) is 20.8. The summed E-state index contributed by atoms with van der Waals surface area (Å²) in [6, 6.07) is 10.3. The zero-order valence-corrected chi connectivity index (χ0v) is 17.9. The van der Waals surface area contributed by atoms with Gasteiger partial charge in [-0.3, -0.25) is 9.59 Å². The molecule has 0 aliphatic rings. The number of hydrogen-bond acceptors (Lipinski definition) is 3. The molecule has 7 heteroatoms. The van der Waals surface area contributed by atoms with E-state index < -0.39 is 6.04 Å². The van der Waals surface area contributed by atoms with Crippen molar-refractivity contribution in [3.63, 3.8) is 0 Å². The largest absolute Gasteiger partial charge is 0.483 e. The number of carbonyl (C=O) groups is 2. The van der Waals surface area contributed by atoms with E-state index in [4.69, 9.17) is 27.9 Å². The van der Waals surface area contributed by atoms with Crippen LogP contribution in [-0.2, 0) is 16.1 Å². The average Bonchev–Trinajstić information content (AvgIpc) is 2.68. The fourth-order valence-electron chi connectivity index (χ4n) is 2.71. The second-order valence-electron chi connectivity index (χ2n) is 6.62. The fraction of sp³-hybridized carbons (Fsp3) is 0.333. The van der Waals surface area contributed by atoms with E-state index in [1.54, 1.807) is 25.1 Å². The maximum Gasteiger partial charge on any atom is 0.261 e. The van der Waals surface area contributed by atoms with E-state index in [0.29, 0.717) is 15.8 Å². The Morgan fingerprint density at radius 2 is 1.82 bits per heavy atom. The summed E-state index contributed by atoms with van der Waals surface area (Å²) in [5.41, 5.74) is 2.75.